The highest BCUT2D eigenvalue weighted by Crippen LogP contribution is 2.32. The van der Waals surface area contributed by atoms with Crippen molar-refractivity contribution in [1.82, 2.24) is 0 Å². The van der Waals surface area contributed by atoms with Crippen LogP contribution < -0.4 is 9.93 Å². The molecule has 0 saturated carbocycles. The number of hydrogen-bond donors (Lipinski definition) is 1. The number of hydrogen-bond acceptors (Lipinski definition) is 6. The second-order valence-corrected chi connectivity index (χ2v) is 7.86. The maximum absolute atomic E-state index is 11.9. The normalized spacial score (nSPS) is 14.7. The van der Waals surface area contributed by atoms with Gasteiger partial charge in [0.1, 0.15) is 17.1 Å². The predicted octanol–water partition coefficient (Wildman–Crippen LogP) is 2.12. The van der Waals surface area contributed by atoms with Gasteiger partial charge in [-0.3, -0.25) is 9.30 Å². The molecule has 1 aliphatic heterocycles. The van der Waals surface area contributed by atoms with Crippen molar-refractivity contribution in [2.45, 2.75) is 19.8 Å². The average Bonchev–Trinajstić information content (AvgIpc) is 2.52. The largest absolute Gasteiger partial charge is 0.507 e. The quantitative estimate of drug-likeness (QED) is 0.843. The standard InChI is InChI=1S/C17H18N2O5S/c1-11-8-16(20)14(17(21)24-11)10-18-13-5-6-15-12(9-13)4-3-7-19(15)25(2,22)23/h5-6,8-10,20H,3-4,7H2,1-2H3. The number of fused-ring (bicyclic) bond motifs is 1. The number of aryl methyl sites for hydroxylation is 2. The molecular weight excluding hydrogens is 344 g/mol. The fourth-order valence-corrected chi connectivity index (χ4v) is 3.83. The van der Waals surface area contributed by atoms with Crippen molar-refractivity contribution in [2.24, 2.45) is 4.99 Å². The Hall–Kier alpha value is -2.61. The molecule has 0 unspecified atom stereocenters. The van der Waals surface area contributed by atoms with Gasteiger partial charge in [0.05, 0.1) is 17.6 Å². The van der Waals surface area contributed by atoms with Crippen molar-refractivity contribution >= 4 is 27.6 Å². The Morgan fingerprint density at radius 3 is 2.76 bits per heavy atom. The lowest BCUT2D eigenvalue weighted by Crippen LogP contribution is -2.34. The summed E-state index contributed by atoms with van der Waals surface area (Å²) < 4.78 is 30.1. The SMILES string of the molecule is Cc1cc(O)c(C=Nc2ccc3c(c2)CCCN3S(C)(=O)=O)c(=O)o1. The number of nitrogens with zero attached hydrogens (tertiary/aromatic N) is 2. The molecule has 1 N–H and O–H groups in total. The van der Waals surface area contributed by atoms with Gasteiger partial charge in [0.15, 0.2) is 0 Å². The van der Waals surface area contributed by atoms with E-state index in [1.807, 2.05) is 0 Å². The lowest BCUT2D eigenvalue weighted by atomic mass is 10.0. The summed E-state index contributed by atoms with van der Waals surface area (Å²) in [4.78, 5) is 16.0. The van der Waals surface area contributed by atoms with E-state index in [1.54, 1.807) is 25.1 Å². The maximum Gasteiger partial charge on any atom is 0.348 e. The molecule has 0 fully saturated rings. The van der Waals surface area contributed by atoms with Crippen LogP contribution in [0.25, 0.3) is 0 Å². The molecule has 1 aromatic heterocycles. The molecule has 0 radical (unpaired) electrons. The van der Waals surface area contributed by atoms with Gasteiger partial charge >= 0.3 is 5.63 Å². The molecule has 3 rings (SSSR count). The van der Waals surface area contributed by atoms with Crippen molar-refractivity contribution < 1.29 is 17.9 Å². The molecule has 2 aromatic rings. The Labute approximate surface area is 145 Å². The summed E-state index contributed by atoms with van der Waals surface area (Å²) >= 11 is 0. The molecule has 0 atom stereocenters. The third-order valence-corrected chi connectivity index (χ3v) is 5.15. The lowest BCUT2D eigenvalue weighted by molar-refractivity contribution is 0.433. The van der Waals surface area contributed by atoms with E-state index in [9.17, 15) is 18.3 Å². The minimum atomic E-state index is -3.31. The van der Waals surface area contributed by atoms with Crippen LogP contribution in [-0.2, 0) is 16.4 Å². The molecule has 1 aromatic carbocycles. The summed E-state index contributed by atoms with van der Waals surface area (Å²) in [6, 6.07) is 6.51. The first-order chi connectivity index (χ1) is 11.8. The molecule has 0 spiro atoms. The van der Waals surface area contributed by atoms with E-state index in [-0.39, 0.29) is 11.3 Å². The van der Waals surface area contributed by atoms with Crippen molar-refractivity contribution in [1.29, 1.82) is 0 Å². The number of aliphatic imine (C=N–C) groups is 1. The molecule has 0 amide bonds. The van der Waals surface area contributed by atoms with Crippen LogP contribution in [0.2, 0.25) is 0 Å². The molecule has 8 heteroatoms. The zero-order valence-corrected chi connectivity index (χ0v) is 14.7. The Bertz CT molecular complexity index is 1010. The van der Waals surface area contributed by atoms with Crippen LogP contribution in [0.4, 0.5) is 11.4 Å². The van der Waals surface area contributed by atoms with Gasteiger partial charge in [0.2, 0.25) is 10.0 Å². The van der Waals surface area contributed by atoms with E-state index in [1.165, 1.54) is 22.8 Å². The Morgan fingerprint density at radius 2 is 2.08 bits per heavy atom. The predicted molar refractivity (Wildman–Crippen MR) is 95.6 cm³/mol. The number of sulfonamides is 1. The van der Waals surface area contributed by atoms with Crippen LogP contribution in [-0.4, -0.2) is 32.5 Å². The smallest absolute Gasteiger partial charge is 0.348 e. The Kier molecular flexibility index (Phi) is 4.38. The van der Waals surface area contributed by atoms with Crippen molar-refractivity contribution in [3.63, 3.8) is 0 Å². The number of rotatable bonds is 3. The highest BCUT2D eigenvalue weighted by atomic mass is 32.2. The van der Waals surface area contributed by atoms with Gasteiger partial charge in [0, 0.05) is 18.8 Å². The van der Waals surface area contributed by atoms with Gasteiger partial charge in [-0.2, -0.15) is 0 Å². The highest BCUT2D eigenvalue weighted by molar-refractivity contribution is 7.92. The first-order valence-corrected chi connectivity index (χ1v) is 9.59. The van der Waals surface area contributed by atoms with Crippen molar-refractivity contribution in [2.75, 3.05) is 17.1 Å². The van der Waals surface area contributed by atoms with Crippen LogP contribution in [0, 0.1) is 6.92 Å². The summed E-state index contributed by atoms with van der Waals surface area (Å²) in [7, 11) is -3.31. The average molecular weight is 362 g/mol. The van der Waals surface area contributed by atoms with Crippen LogP contribution >= 0.6 is 0 Å². The first-order valence-electron chi connectivity index (χ1n) is 7.74. The van der Waals surface area contributed by atoms with Crippen LogP contribution in [0.3, 0.4) is 0 Å². The second-order valence-electron chi connectivity index (χ2n) is 5.95. The van der Waals surface area contributed by atoms with Crippen molar-refractivity contribution in [3.8, 4) is 5.75 Å². The molecule has 25 heavy (non-hydrogen) atoms. The lowest BCUT2D eigenvalue weighted by Gasteiger charge is -2.29. The van der Waals surface area contributed by atoms with Crippen LogP contribution in [0.1, 0.15) is 23.3 Å². The third kappa shape index (κ3) is 3.58. The summed E-state index contributed by atoms with van der Waals surface area (Å²) in [6.07, 6.45) is 3.92. The van der Waals surface area contributed by atoms with E-state index in [0.29, 0.717) is 23.7 Å². The Morgan fingerprint density at radius 1 is 1.32 bits per heavy atom. The molecule has 0 aliphatic carbocycles. The fourth-order valence-electron chi connectivity index (χ4n) is 2.84. The second kappa shape index (κ2) is 6.36. The summed E-state index contributed by atoms with van der Waals surface area (Å²) in [5, 5.41) is 9.84. The van der Waals surface area contributed by atoms with E-state index in [2.05, 4.69) is 4.99 Å². The summed E-state index contributed by atoms with van der Waals surface area (Å²) in [6.45, 7) is 2.03. The molecule has 7 nitrogen and oxygen atoms in total. The van der Waals surface area contributed by atoms with Gasteiger partial charge in [-0.15, -0.1) is 0 Å². The van der Waals surface area contributed by atoms with Gasteiger partial charge in [-0.25, -0.2) is 13.2 Å². The van der Waals surface area contributed by atoms with Crippen LogP contribution in [0.15, 0.2) is 38.5 Å². The maximum atomic E-state index is 11.9. The topological polar surface area (TPSA) is 100 Å². The van der Waals surface area contributed by atoms with E-state index in [0.717, 1.165) is 18.4 Å². The van der Waals surface area contributed by atoms with E-state index < -0.39 is 15.6 Å². The van der Waals surface area contributed by atoms with Crippen LogP contribution in [0.5, 0.6) is 5.75 Å². The fraction of sp³-hybridized carbons (Fsp3) is 0.294. The minimum absolute atomic E-state index is 0.0268. The number of benzene rings is 1. The third-order valence-electron chi connectivity index (χ3n) is 3.97. The monoisotopic (exact) mass is 362 g/mol. The minimum Gasteiger partial charge on any atom is -0.507 e. The molecule has 0 bridgehead atoms. The molecule has 1 aliphatic rings. The first kappa shape index (κ1) is 17.2. The van der Waals surface area contributed by atoms with Gasteiger partial charge in [-0.05, 0) is 43.5 Å². The van der Waals surface area contributed by atoms with E-state index in [4.69, 9.17) is 4.42 Å². The number of aromatic hydroxyl groups is 1. The zero-order chi connectivity index (χ0) is 18.2. The molecular formula is C17H18N2O5S. The Balaban J connectivity index is 1.95. The van der Waals surface area contributed by atoms with Gasteiger partial charge in [-0.1, -0.05) is 0 Å². The summed E-state index contributed by atoms with van der Waals surface area (Å²) in [5.74, 6) is 0.119. The molecule has 0 saturated heterocycles. The number of anilines is 1. The van der Waals surface area contributed by atoms with E-state index >= 15 is 0 Å². The van der Waals surface area contributed by atoms with Crippen molar-refractivity contribution in [3.05, 3.63) is 51.6 Å². The molecule has 2 heterocycles. The molecule has 132 valence electrons. The summed E-state index contributed by atoms with van der Waals surface area (Å²) in [5.41, 5.74) is 1.41. The van der Waals surface area contributed by atoms with Gasteiger partial charge < -0.3 is 9.52 Å². The van der Waals surface area contributed by atoms with Gasteiger partial charge in [0.25, 0.3) is 0 Å². The highest BCUT2D eigenvalue weighted by Gasteiger charge is 2.23. The zero-order valence-electron chi connectivity index (χ0n) is 13.9.